The Balaban J connectivity index is 1.92. The number of benzene rings is 2. The van der Waals surface area contributed by atoms with Crippen molar-refractivity contribution in [2.75, 3.05) is 10.6 Å². The number of nitrogens with zero attached hydrogens (tertiary/aromatic N) is 1. The highest BCUT2D eigenvalue weighted by Gasteiger charge is 2.30. The van der Waals surface area contributed by atoms with Gasteiger partial charge in [-0.1, -0.05) is 23.7 Å². The molecule has 0 saturated carbocycles. The summed E-state index contributed by atoms with van der Waals surface area (Å²) in [4.78, 5) is 0. The minimum atomic E-state index is -4.04. The molecule has 3 rings (SSSR count). The Hall–Kier alpha value is -2.63. The zero-order valence-electron chi connectivity index (χ0n) is 14.3. The highest BCUT2D eigenvalue weighted by atomic mass is 35.5. The summed E-state index contributed by atoms with van der Waals surface area (Å²) in [6, 6.07) is 8.74. The maximum atomic E-state index is 11.9. The van der Waals surface area contributed by atoms with Crippen LogP contribution in [0.15, 0.2) is 48.5 Å². The van der Waals surface area contributed by atoms with Gasteiger partial charge in [-0.15, -0.1) is 0 Å². The number of hydrogen-bond donors (Lipinski definition) is 3. The van der Waals surface area contributed by atoms with E-state index in [0.29, 0.717) is 20.5 Å². The molecular formula is C16H15ClN2O7S2. The fourth-order valence-electron chi connectivity index (χ4n) is 2.59. The molecule has 12 heteroatoms. The molecular weight excluding hydrogens is 432 g/mol. The fourth-order valence-corrected chi connectivity index (χ4v) is 4.30. The van der Waals surface area contributed by atoms with Crippen molar-refractivity contribution in [3.63, 3.8) is 0 Å². The Morgan fingerprint density at radius 3 is 2.46 bits per heavy atom. The second-order valence-corrected chi connectivity index (χ2v) is 9.52. The number of phenols is 1. The SMILES string of the molecule is CS(=O)(=O)Oc1cc(Cl)ccc1Cc1ccc(N2C=C(O)NS2(=O)=O)c(O)c1. The molecule has 2 aromatic rings. The molecule has 0 saturated heterocycles. The molecule has 150 valence electrons. The van der Waals surface area contributed by atoms with E-state index in [1.165, 1.54) is 18.2 Å². The van der Waals surface area contributed by atoms with Crippen molar-refractivity contribution >= 4 is 37.6 Å². The van der Waals surface area contributed by atoms with Gasteiger partial charge in [0.25, 0.3) is 0 Å². The molecule has 1 aliphatic heterocycles. The Morgan fingerprint density at radius 1 is 1.18 bits per heavy atom. The summed E-state index contributed by atoms with van der Waals surface area (Å²) in [5.74, 6) is -0.877. The van der Waals surface area contributed by atoms with Crippen molar-refractivity contribution in [2.45, 2.75) is 6.42 Å². The van der Waals surface area contributed by atoms with Gasteiger partial charge >= 0.3 is 20.3 Å². The number of phenolic OH excluding ortho intramolecular Hbond substituents is 1. The van der Waals surface area contributed by atoms with E-state index in [4.69, 9.17) is 15.8 Å². The molecule has 0 atom stereocenters. The summed E-state index contributed by atoms with van der Waals surface area (Å²) in [7, 11) is -7.81. The average Bonchev–Trinajstić information content (AvgIpc) is 2.81. The summed E-state index contributed by atoms with van der Waals surface area (Å²) in [6.07, 6.45) is 2.01. The fraction of sp³-hybridized carbons (Fsp3) is 0.125. The van der Waals surface area contributed by atoms with E-state index >= 15 is 0 Å². The van der Waals surface area contributed by atoms with E-state index < -0.39 is 26.2 Å². The molecule has 0 radical (unpaired) electrons. The van der Waals surface area contributed by atoms with Gasteiger partial charge in [0.05, 0.1) is 12.5 Å². The van der Waals surface area contributed by atoms with Crippen molar-refractivity contribution in [3.05, 3.63) is 64.6 Å². The predicted molar refractivity (Wildman–Crippen MR) is 103 cm³/mol. The van der Waals surface area contributed by atoms with E-state index in [9.17, 15) is 27.0 Å². The molecule has 2 aromatic carbocycles. The average molecular weight is 447 g/mol. The van der Waals surface area contributed by atoms with Crippen LogP contribution in [0.4, 0.5) is 5.69 Å². The molecule has 1 aliphatic rings. The molecule has 28 heavy (non-hydrogen) atoms. The monoisotopic (exact) mass is 446 g/mol. The normalized spacial score (nSPS) is 15.8. The largest absolute Gasteiger partial charge is 0.506 e. The molecule has 0 fully saturated rings. The van der Waals surface area contributed by atoms with E-state index in [2.05, 4.69) is 0 Å². The lowest BCUT2D eigenvalue weighted by Crippen LogP contribution is -2.29. The van der Waals surface area contributed by atoms with Crippen LogP contribution in [0.2, 0.25) is 5.02 Å². The van der Waals surface area contributed by atoms with Gasteiger partial charge < -0.3 is 14.4 Å². The quantitative estimate of drug-likeness (QED) is 0.598. The first kappa shape index (κ1) is 20.1. The molecule has 0 amide bonds. The number of nitrogens with one attached hydrogen (secondary N) is 1. The second kappa shape index (κ2) is 7.08. The van der Waals surface area contributed by atoms with Crippen LogP contribution in [-0.2, 0) is 26.7 Å². The maximum absolute atomic E-state index is 11.9. The van der Waals surface area contributed by atoms with Crippen LogP contribution >= 0.6 is 11.6 Å². The Morgan fingerprint density at radius 2 is 1.89 bits per heavy atom. The van der Waals surface area contributed by atoms with Crippen LogP contribution in [0.5, 0.6) is 11.5 Å². The van der Waals surface area contributed by atoms with Crippen molar-refractivity contribution in [3.8, 4) is 11.5 Å². The van der Waals surface area contributed by atoms with Gasteiger partial charge in [0.15, 0.2) is 0 Å². The highest BCUT2D eigenvalue weighted by Crippen LogP contribution is 2.34. The molecule has 0 bridgehead atoms. The van der Waals surface area contributed by atoms with Crippen molar-refractivity contribution in [1.82, 2.24) is 4.72 Å². The second-order valence-electron chi connectivity index (χ2n) is 5.96. The number of hydrogen-bond acceptors (Lipinski definition) is 7. The van der Waals surface area contributed by atoms with Gasteiger partial charge in [0.1, 0.15) is 17.2 Å². The van der Waals surface area contributed by atoms with Crippen molar-refractivity contribution < 1.29 is 31.2 Å². The van der Waals surface area contributed by atoms with Crippen LogP contribution < -0.4 is 13.2 Å². The first-order chi connectivity index (χ1) is 12.9. The molecule has 9 nitrogen and oxygen atoms in total. The molecule has 3 N–H and O–H groups in total. The van der Waals surface area contributed by atoms with Crippen molar-refractivity contribution in [2.24, 2.45) is 0 Å². The first-order valence-electron chi connectivity index (χ1n) is 7.67. The zero-order valence-corrected chi connectivity index (χ0v) is 16.7. The van der Waals surface area contributed by atoms with Crippen LogP contribution in [0.25, 0.3) is 0 Å². The Bertz CT molecular complexity index is 1180. The van der Waals surface area contributed by atoms with E-state index in [1.54, 1.807) is 18.2 Å². The zero-order chi connectivity index (χ0) is 20.7. The van der Waals surface area contributed by atoms with Gasteiger partial charge in [-0.25, -0.2) is 9.03 Å². The van der Waals surface area contributed by atoms with Crippen LogP contribution in [-0.4, -0.2) is 33.3 Å². The lowest BCUT2D eigenvalue weighted by Gasteiger charge is -2.16. The van der Waals surface area contributed by atoms with Gasteiger partial charge in [0.2, 0.25) is 5.88 Å². The molecule has 0 unspecified atom stereocenters. The number of aliphatic hydroxyl groups excluding tert-OH is 1. The molecule has 0 spiro atoms. The van der Waals surface area contributed by atoms with Gasteiger partial charge in [0, 0.05) is 23.1 Å². The summed E-state index contributed by atoms with van der Waals surface area (Å²) in [5, 5.41) is 19.9. The standard InChI is InChI=1S/C16H15ClN2O7S2/c1-27(22,23)26-15-8-12(17)4-3-11(15)6-10-2-5-13(14(20)7-10)19-9-16(21)18-28(19,24)25/h2-5,7-9,18,20-21H,6H2,1H3. The number of aromatic hydroxyl groups is 1. The topological polar surface area (TPSA) is 133 Å². The predicted octanol–water partition coefficient (Wildman–Crippen LogP) is 1.99. The van der Waals surface area contributed by atoms with Crippen LogP contribution in [0, 0.1) is 0 Å². The van der Waals surface area contributed by atoms with Gasteiger partial charge in [-0.2, -0.15) is 16.8 Å². The minimum Gasteiger partial charge on any atom is -0.506 e. The number of aliphatic hydroxyl groups is 1. The molecule has 1 heterocycles. The number of anilines is 1. The summed E-state index contributed by atoms with van der Waals surface area (Å²) in [6.45, 7) is 0. The smallest absolute Gasteiger partial charge is 0.330 e. The van der Waals surface area contributed by atoms with Crippen LogP contribution in [0.1, 0.15) is 11.1 Å². The third kappa shape index (κ3) is 4.43. The summed E-state index contributed by atoms with van der Waals surface area (Å²) >= 11 is 5.90. The number of rotatable bonds is 5. The number of halogens is 1. The lowest BCUT2D eigenvalue weighted by molar-refractivity contribution is 0.392. The van der Waals surface area contributed by atoms with Gasteiger partial charge in [-0.05, 0) is 23.8 Å². The van der Waals surface area contributed by atoms with Crippen LogP contribution in [0.3, 0.4) is 0 Å². The Labute approximate surface area is 166 Å². The van der Waals surface area contributed by atoms with E-state index in [-0.39, 0.29) is 23.6 Å². The third-order valence-corrected chi connectivity index (χ3v) is 5.68. The van der Waals surface area contributed by atoms with E-state index in [0.717, 1.165) is 12.5 Å². The maximum Gasteiger partial charge on any atom is 0.330 e. The lowest BCUT2D eigenvalue weighted by atomic mass is 10.0. The highest BCUT2D eigenvalue weighted by molar-refractivity contribution is 7.91. The van der Waals surface area contributed by atoms with E-state index in [1.807, 2.05) is 4.72 Å². The molecule has 0 aliphatic carbocycles. The summed E-state index contributed by atoms with van der Waals surface area (Å²) < 4.78 is 54.3. The minimum absolute atomic E-state index is 0.0535. The molecule has 0 aromatic heterocycles. The third-order valence-electron chi connectivity index (χ3n) is 3.67. The van der Waals surface area contributed by atoms with Crippen molar-refractivity contribution in [1.29, 1.82) is 0 Å². The van der Waals surface area contributed by atoms with Gasteiger partial charge in [-0.3, -0.25) is 0 Å². The Kier molecular flexibility index (Phi) is 5.08. The first-order valence-corrected chi connectivity index (χ1v) is 11.3. The summed E-state index contributed by atoms with van der Waals surface area (Å²) in [5.41, 5.74) is 0.985.